The van der Waals surface area contributed by atoms with Crippen LogP contribution in [0.2, 0.25) is 0 Å². The summed E-state index contributed by atoms with van der Waals surface area (Å²) in [5.41, 5.74) is 9.34. The first kappa shape index (κ1) is 26.5. The molecule has 0 fully saturated rings. The van der Waals surface area contributed by atoms with E-state index in [2.05, 4.69) is 16.0 Å². The van der Waals surface area contributed by atoms with Crippen molar-refractivity contribution < 1.29 is 29.0 Å². The van der Waals surface area contributed by atoms with E-state index in [4.69, 9.17) is 10.5 Å². The summed E-state index contributed by atoms with van der Waals surface area (Å²) < 4.78 is 5.53. The molecule has 192 valence electrons. The van der Waals surface area contributed by atoms with E-state index in [1.807, 2.05) is 48.5 Å². The molecular weight excluding hydrogens is 464 g/mol. The molecule has 1 unspecified atom stereocenters. The number of aliphatic carboxylic acids is 1. The van der Waals surface area contributed by atoms with Crippen LogP contribution in [-0.2, 0) is 14.3 Å². The molecule has 2 aromatic rings. The summed E-state index contributed by atoms with van der Waals surface area (Å²) in [6.07, 6.45) is -0.382. The molecule has 4 amide bonds. The molecule has 0 radical (unpaired) electrons. The maximum atomic E-state index is 12.8. The highest BCUT2D eigenvalue weighted by atomic mass is 16.5. The monoisotopic (exact) mass is 496 g/mol. The zero-order chi connectivity index (χ0) is 26.2. The molecule has 0 saturated heterocycles. The summed E-state index contributed by atoms with van der Waals surface area (Å²) in [6.45, 7) is 3.75. The standard InChI is InChI=1S/C26H32N4O6/c1-15(2)22(23(31)29-21(24(32)33)12-7-13-28-25(27)34)30-26(35)36-14-20-18-10-5-3-8-16(18)17-9-4-6-11-19(17)20/h3-6,8-11,15,20-22H,7,12-14H2,1-2H3,(H,29,31)(H,30,35)(H,32,33)(H3,27,28,34)/t21-,22?/m0/s1. The van der Waals surface area contributed by atoms with Crippen LogP contribution < -0.4 is 21.7 Å². The number of benzene rings is 2. The predicted octanol–water partition coefficient (Wildman–Crippen LogP) is 2.57. The largest absolute Gasteiger partial charge is 0.480 e. The maximum absolute atomic E-state index is 12.8. The Bertz CT molecular complexity index is 1070. The van der Waals surface area contributed by atoms with Gasteiger partial charge in [-0.1, -0.05) is 62.4 Å². The van der Waals surface area contributed by atoms with Crippen molar-refractivity contribution in [3.8, 4) is 11.1 Å². The number of hydrogen-bond donors (Lipinski definition) is 5. The van der Waals surface area contributed by atoms with E-state index in [0.29, 0.717) is 6.42 Å². The second-order valence-electron chi connectivity index (χ2n) is 9.02. The van der Waals surface area contributed by atoms with Gasteiger partial charge in [0.2, 0.25) is 5.91 Å². The minimum Gasteiger partial charge on any atom is -0.480 e. The van der Waals surface area contributed by atoms with Crippen LogP contribution in [0.5, 0.6) is 0 Å². The van der Waals surface area contributed by atoms with Gasteiger partial charge in [-0.05, 0) is 41.0 Å². The number of carboxylic acid groups (broad SMARTS) is 1. The zero-order valence-electron chi connectivity index (χ0n) is 20.3. The Balaban J connectivity index is 1.59. The third kappa shape index (κ3) is 6.53. The average molecular weight is 497 g/mol. The molecule has 6 N–H and O–H groups in total. The number of urea groups is 1. The number of alkyl carbamates (subject to hydrolysis) is 1. The number of hydrogen-bond acceptors (Lipinski definition) is 5. The lowest BCUT2D eigenvalue weighted by atomic mass is 9.98. The van der Waals surface area contributed by atoms with Crippen LogP contribution in [0.1, 0.15) is 43.7 Å². The number of carboxylic acids is 1. The predicted molar refractivity (Wildman–Crippen MR) is 133 cm³/mol. The Morgan fingerprint density at radius 2 is 1.56 bits per heavy atom. The summed E-state index contributed by atoms with van der Waals surface area (Å²) in [6, 6.07) is 13.0. The van der Waals surface area contributed by atoms with Crippen molar-refractivity contribution in [2.75, 3.05) is 13.2 Å². The first-order valence-corrected chi connectivity index (χ1v) is 11.9. The van der Waals surface area contributed by atoms with Crippen LogP contribution in [0, 0.1) is 5.92 Å². The molecule has 1 aliphatic rings. The second kappa shape index (κ2) is 12.1. The van der Waals surface area contributed by atoms with Crippen molar-refractivity contribution in [1.29, 1.82) is 0 Å². The fourth-order valence-corrected chi connectivity index (χ4v) is 4.34. The van der Waals surface area contributed by atoms with Crippen molar-refractivity contribution in [2.24, 2.45) is 11.7 Å². The van der Waals surface area contributed by atoms with Crippen molar-refractivity contribution in [3.05, 3.63) is 59.7 Å². The van der Waals surface area contributed by atoms with Crippen LogP contribution in [-0.4, -0.2) is 54.3 Å². The van der Waals surface area contributed by atoms with Gasteiger partial charge < -0.3 is 31.5 Å². The van der Waals surface area contributed by atoms with Crippen LogP contribution in [0.15, 0.2) is 48.5 Å². The van der Waals surface area contributed by atoms with Crippen molar-refractivity contribution in [3.63, 3.8) is 0 Å². The number of nitrogens with one attached hydrogen (secondary N) is 3. The third-order valence-electron chi connectivity index (χ3n) is 6.15. The molecular formula is C26H32N4O6. The topological polar surface area (TPSA) is 160 Å². The van der Waals surface area contributed by atoms with E-state index < -0.39 is 36.1 Å². The van der Waals surface area contributed by atoms with Gasteiger partial charge in [0.1, 0.15) is 18.7 Å². The van der Waals surface area contributed by atoms with Gasteiger partial charge in [0, 0.05) is 12.5 Å². The molecule has 1 aliphatic carbocycles. The number of carbonyl (C=O) groups excluding carboxylic acids is 3. The summed E-state index contributed by atoms with van der Waals surface area (Å²) >= 11 is 0. The summed E-state index contributed by atoms with van der Waals surface area (Å²) in [7, 11) is 0. The Kier molecular flexibility index (Phi) is 8.88. The van der Waals surface area contributed by atoms with Gasteiger partial charge >= 0.3 is 18.1 Å². The van der Waals surface area contributed by atoms with Gasteiger partial charge in [0.25, 0.3) is 0 Å². The Labute approximate surface area is 209 Å². The molecule has 2 aromatic carbocycles. The molecule has 0 saturated carbocycles. The number of ether oxygens (including phenoxy) is 1. The third-order valence-corrected chi connectivity index (χ3v) is 6.15. The number of nitrogens with two attached hydrogens (primary N) is 1. The van der Waals surface area contributed by atoms with E-state index in [1.54, 1.807) is 13.8 Å². The summed E-state index contributed by atoms with van der Waals surface area (Å²) in [5.74, 6) is -2.30. The van der Waals surface area contributed by atoms with E-state index in [1.165, 1.54) is 0 Å². The second-order valence-corrected chi connectivity index (χ2v) is 9.02. The summed E-state index contributed by atoms with van der Waals surface area (Å²) in [5, 5.41) is 16.9. The van der Waals surface area contributed by atoms with Gasteiger partial charge in [0.15, 0.2) is 0 Å². The highest BCUT2D eigenvalue weighted by Crippen LogP contribution is 2.44. The molecule has 36 heavy (non-hydrogen) atoms. The highest BCUT2D eigenvalue weighted by molar-refractivity contribution is 5.89. The Morgan fingerprint density at radius 1 is 0.972 bits per heavy atom. The van der Waals surface area contributed by atoms with Crippen LogP contribution >= 0.6 is 0 Å². The van der Waals surface area contributed by atoms with Crippen molar-refractivity contribution in [2.45, 2.75) is 44.7 Å². The Morgan fingerprint density at radius 3 is 2.08 bits per heavy atom. The van der Waals surface area contributed by atoms with Gasteiger partial charge in [-0.25, -0.2) is 14.4 Å². The fraction of sp³-hybridized carbons (Fsp3) is 0.385. The van der Waals surface area contributed by atoms with Crippen LogP contribution in [0.3, 0.4) is 0 Å². The molecule has 0 aliphatic heterocycles. The average Bonchev–Trinajstić information content (AvgIpc) is 3.16. The molecule has 2 atom stereocenters. The molecule has 10 nitrogen and oxygen atoms in total. The smallest absolute Gasteiger partial charge is 0.407 e. The molecule has 0 bridgehead atoms. The molecule has 0 aromatic heterocycles. The molecule has 10 heteroatoms. The van der Waals surface area contributed by atoms with Gasteiger partial charge in [-0.15, -0.1) is 0 Å². The Hall–Kier alpha value is -4.08. The minimum absolute atomic E-state index is 0.0805. The van der Waals surface area contributed by atoms with Gasteiger partial charge in [-0.2, -0.15) is 0 Å². The van der Waals surface area contributed by atoms with E-state index >= 15 is 0 Å². The maximum Gasteiger partial charge on any atom is 0.407 e. The number of rotatable bonds is 11. The molecule has 3 rings (SSSR count). The summed E-state index contributed by atoms with van der Waals surface area (Å²) in [4.78, 5) is 47.8. The highest BCUT2D eigenvalue weighted by Gasteiger charge is 2.31. The quantitative estimate of drug-likeness (QED) is 0.301. The first-order chi connectivity index (χ1) is 17.2. The van der Waals surface area contributed by atoms with Gasteiger partial charge in [0.05, 0.1) is 0 Å². The van der Waals surface area contributed by atoms with Crippen molar-refractivity contribution >= 4 is 24.0 Å². The minimum atomic E-state index is -1.22. The lowest BCUT2D eigenvalue weighted by Gasteiger charge is -2.24. The van der Waals surface area contributed by atoms with E-state index in [-0.39, 0.29) is 31.4 Å². The number of carbonyl (C=O) groups is 4. The van der Waals surface area contributed by atoms with E-state index in [0.717, 1.165) is 22.3 Å². The molecule has 0 spiro atoms. The number of fused-ring (bicyclic) bond motifs is 3. The van der Waals surface area contributed by atoms with Crippen LogP contribution in [0.25, 0.3) is 11.1 Å². The zero-order valence-corrected chi connectivity index (χ0v) is 20.3. The number of amides is 4. The van der Waals surface area contributed by atoms with Crippen molar-refractivity contribution in [1.82, 2.24) is 16.0 Å². The SMILES string of the molecule is CC(C)C(NC(=O)OCC1c2ccccc2-c2ccccc21)C(=O)N[C@@H](CCCNC(N)=O)C(=O)O. The van der Waals surface area contributed by atoms with Gasteiger partial charge in [-0.3, -0.25) is 4.79 Å². The first-order valence-electron chi connectivity index (χ1n) is 11.9. The van der Waals surface area contributed by atoms with Crippen LogP contribution in [0.4, 0.5) is 9.59 Å². The lowest BCUT2D eigenvalue weighted by Crippen LogP contribution is -2.54. The number of primary amides is 1. The van der Waals surface area contributed by atoms with E-state index in [9.17, 15) is 24.3 Å². The lowest BCUT2D eigenvalue weighted by molar-refractivity contribution is -0.142. The normalized spacial score (nSPS) is 13.8. The fourth-order valence-electron chi connectivity index (χ4n) is 4.34. The molecule has 0 heterocycles.